The molecule has 34 heavy (non-hydrogen) atoms. The number of fused-ring (bicyclic) bond motifs is 6. The third kappa shape index (κ3) is 3.43. The Hall–Kier alpha value is -1.64. The van der Waals surface area contributed by atoms with Crippen molar-refractivity contribution in [2.24, 2.45) is 17.7 Å². The van der Waals surface area contributed by atoms with Crippen LogP contribution in [-0.4, -0.2) is 32.1 Å². The monoisotopic (exact) mass is 470 g/mol. The fourth-order valence-electron chi connectivity index (χ4n) is 8.10. The first-order valence-electron chi connectivity index (χ1n) is 13.6. The maximum Gasteiger partial charge on any atom is 0.323 e. The van der Waals surface area contributed by atoms with Crippen LogP contribution < -0.4 is 16.0 Å². The number of nitrogens with zero attached hydrogens (tertiary/aromatic N) is 2. The lowest BCUT2D eigenvalue weighted by Crippen LogP contribution is -2.65. The van der Waals surface area contributed by atoms with Crippen LogP contribution in [0.15, 0.2) is 47.3 Å². The van der Waals surface area contributed by atoms with Gasteiger partial charge in [0.15, 0.2) is 5.69 Å². The summed E-state index contributed by atoms with van der Waals surface area (Å²) in [7, 11) is 0. The first kappa shape index (κ1) is 22.8. The highest BCUT2D eigenvalue weighted by atomic mass is 27.1. The van der Waals surface area contributed by atoms with Gasteiger partial charge in [-0.05, 0) is 37.8 Å². The van der Waals surface area contributed by atoms with E-state index in [1.54, 1.807) is 3.55 Å². The molecule has 4 nitrogen and oxygen atoms in total. The van der Waals surface area contributed by atoms with Gasteiger partial charge in [0.05, 0.1) is 5.39 Å². The van der Waals surface area contributed by atoms with Crippen LogP contribution in [0.1, 0.15) is 77.0 Å². The predicted molar refractivity (Wildman–Crippen MR) is 143 cm³/mol. The zero-order valence-electron chi connectivity index (χ0n) is 20.3. The average Bonchev–Trinajstić information content (AvgIpc) is 3.02. The fraction of sp³-hybridized carbons (Fsp3) is 0.552. The number of quaternary nitrogens is 1. The summed E-state index contributed by atoms with van der Waals surface area (Å²) in [5, 5.41) is 3.02. The van der Waals surface area contributed by atoms with E-state index in [9.17, 15) is 4.79 Å². The molecule has 6 rings (SSSR count). The molecule has 0 bridgehead atoms. The summed E-state index contributed by atoms with van der Waals surface area (Å²) in [6.07, 6.45) is 15.8. The van der Waals surface area contributed by atoms with Crippen molar-refractivity contribution in [3.05, 3.63) is 52.8 Å². The molecule has 1 aromatic heterocycles. The molecule has 5 heteroatoms. The van der Waals surface area contributed by atoms with Gasteiger partial charge in [-0.3, -0.25) is 4.79 Å². The van der Waals surface area contributed by atoms with Crippen LogP contribution in [0.5, 0.6) is 0 Å². The van der Waals surface area contributed by atoms with E-state index in [1.165, 1.54) is 88.1 Å². The highest BCUT2D eigenvalue weighted by molar-refractivity contribution is 6.18. The first-order valence-corrected chi connectivity index (χ1v) is 14.1. The number of pyridine rings is 1. The number of benzene rings is 2. The number of rotatable bonds is 1. The molecule has 176 valence electrons. The van der Waals surface area contributed by atoms with Crippen molar-refractivity contribution < 1.29 is 0 Å². The Morgan fingerprint density at radius 3 is 1.91 bits per heavy atom. The normalized spacial score (nSPS) is 32.4. The fourth-order valence-corrected chi connectivity index (χ4v) is 8.46. The Morgan fingerprint density at radius 1 is 0.735 bits per heavy atom. The average molecular weight is 471 g/mol. The van der Waals surface area contributed by atoms with Gasteiger partial charge in [-0.25, -0.2) is 4.59 Å². The Kier molecular flexibility index (Phi) is 6.10. The highest BCUT2D eigenvalue weighted by Crippen LogP contribution is 2.53. The Balaban J connectivity index is 1.64. The molecule has 1 saturated heterocycles. The topological polar surface area (TPSA) is 48.0 Å². The number of hydrogen-bond acceptors (Lipinski definition) is 2. The second kappa shape index (κ2) is 9.10. The number of hydrogen-bond donors (Lipinski definition) is 1. The van der Waals surface area contributed by atoms with Crippen molar-refractivity contribution in [3.8, 4) is 0 Å². The maximum atomic E-state index is 13.2. The molecule has 2 aliphatic carbocycles. The van der Waals surface area contributed by atoms with Crippen molar-refractivity contribution in [1.29, 1.82) is 0 Å². The summed E-state index contributed by atoms with van der Waals surface area (Å²) in [6.45, 7) is 0. The van der Waals surface area contributed by atoms with Crippen molar-refractivity contribution in [3.63, 3.8) is 0 Å². The van der Waals surface area contributed by atoms with Gasteiger partial charge < -0.3 is 3.55 Å². The molecule has 3 fully saturated rings. The van der Waals surface area contributed by atoms with Crippen LogP contribution >= 0.6 is 0 Å². The van der Waals surface area contributed by atoms with E-state index in [0.717, 1.165) is 28.1 Å². The molecule has 2 N–H and O–H groups in total. The standard InChI is InChI=1S/C29H37N3O.Al/c30-32(27-19-11-16-24-28(27)22-14-9-10-15-23(22)29(33)31-24)25-17-7-3-1-5-12-20(25)21-13-6-2-4-8-18-26(21)32;/h9-11,14-16,19-21,25-26H,1-8,12-13,17-18,30H2;/q;+1. The maximum absolute atomic E-state index is 13.2. The van der Waals surface area contributed by atoms with Crippen LogP contribution in [0.4, 0.5) is 5.69 Å². The largest absolute Gasteiger partial charge is 0.420 e. The van der Waals surface area contributed by atoms with E-state index in [1.807, 2.05) is 12.1 Å². The molecule has 0 amide bonds. The van der Waals surface area contributed by atoms with Gasteiger partial charge in [0.2, 0.25) is 5.56 Å². The van der Waals surface area contributed by atoms with E-state index < -0.39 is 0 Å². The SMILES string of the molecule is N[N+]1(c2cccc3c2c2ccccc2c(=O)[n]3[Al])C2CCCCCCC2C2CCCCCCC21. The molecule has 3 aromatic rings. The molecule has 2 aromatic carbocycles. The summed E-state index contributed by atoms with van der Waals surface area (Å²) in [5.74, 6) is 9.26. The summed E-state index contributed by atoms with van der Waals surface area (Å²) >= 11 is 2.67. The van der Waals surface area contributed by atoms with Gasteiger partial charge in [-0.2, -0.15) is 5.84 Å². The second-order valence-electron chi connectivity index (χ2n) is 11.2. The van der Waals surface area contributed by atoms with E-state index >= 15 is 0 Å². The first-order chi connectivity index (χ1) is 16.6. The Morgan fingerprint density at radius 2 is 1.29 bits per heavy atom. The van der Waals surface area contributed by atoms with Crippen molar-refractivity contribution >= 4 is 43.9 Å². The quantitative estimate of drug-likeness (QED) is 0.206. The number of nitrogens with two attached hydrogens (primary N) is 1. The molecule has 2 saturated carbocycles. The Bertz CT molecular complexity index is 1240. The zero-order valence-corrected chi connectivity index (χ0v) is 21.4. The van der Waals surface area contributed by atoms with Crippen molar-refractivity contribution in [1.82, 2.24) is 8.14 Å². The summed E-state index contributed by atoms with van der Waals surface area (Å²) in [4.78, 5) is 13.2. The lowest BCUT2D eigenvalue weighted by molar-refractivity contribution is 0.155. The van der Waals surface area contributed by atoms with Crippen LogP contribution in [0.3, 0.4) is 0 Å². The van der Waals surface area contributed by atoms with Crippen molar-refractivity contribution in [2.75, 3.05) is 0 Å². The zero-order chi connectivity index (χ0) is 23.3. The van der Waals surface area contributed by atoms with E-state index in [-0.39, 0.29) is 5.56 Å². The highest BCUT2D eigenvalue weighted by Gasteiger charge is 2.60. The van der Waals surface area contributed by atoms with Crippen molar-refractivity contribution in [2.45, 2.75) is 89.1 Å². The third-order valence-corrected chi connectivity index (χ3v) is 10.1. The second-order valence-corrected chi connectivity index (χ2v) is 11.7. The van der Waals surface area contributed by atoms with Gasteiger partial charge in [-0.1, -0.05) is 62.8 Å². The van der Waals surface area contributed by atoms with Gasteiger partial charge in [0.1, 0.15) is 12.1 Å². The predicted octanol–water partition coefficient (Wildman–Crippen LogP) is 5.96. The molecular weight excluding hydrogens is 433 g/mol. The lowest BCUT2D eigenvalue weighted by atomic mass is 9.76. The molecule has 2 heterocycles. The van der Waals surface area contributed by atoms with E-state index in [2.05, 4.69) is 46.8 Å². The van der Waals surface area contributed by atoms with Gasteiger partial charge in [0, 0.05) is 47.0 Å². The van der Waals surface area contributed by atoms with E-state index in [4.69, 9.17) is 5.84 Å². The molecule has 3 aliphatic rings. The molecule has 4 unspecified atom stereocenters. The summed E-state index contributed by atoms with van der Waals surface area (Å²) < 4.78 is 2.34. The van der Waals surface area contributed by atoms with E-state index in [0.29, 0.717) is 16.7 Å². The van der Waals surface area contributed by atoms with Crippen LogP contribution in [0, 0.1) is 11.8 Å². The van der Waals surface area contributed by atoms with Crippen LogP contribution in [-0.2, 0) is 0 Å². The summed E-state index contributed by atoms with van der Waals surface area (Å²) in [5.41, 5.74) is 2.27. The number of aromatic nitrogens is 1. The molecule has 2 radical (unpaired) electrons. The molecule has 4 atom stereocenters. The molecule has 0 spiro atoms. The van der Waals surface area contributed by atoms with Crippen LogP contribution in [0.25, 0.3) is 21.7 Å². The van der Waals surface area contributed by atoms with Gasteiger partial charge in [0.25, 0.3) is 0 Å². The molecule has 1 aliphatic heterocycles. The van der Waals surface area contributed by atoms with Crippen LogP contribution in [0.2, 0.25) is 0 Å². The molecular formula is C29H37AlN3O+. The smallest absolute Gasteiger partial charge is 0.323 e. The summed E-state index contributed by atoms with van der Waals surface area (Å²) in [6, 6.07) is 15.6. The van der Waals surface area contributed by atoms with Gasteiger partial charge in [-0.15, -0.1) is 0 Å². The Labute approximate surface area is 211 Å². The minimum absolute atomic E-state index is 0.0444. The van der Waals surface area contributed by atoms with Gasteiger partial charge >= 0.3 is 16.5 Å². The minimum Gasteiger partial charge on any atom is -0.420 e. The third-order valence-electron chi connectivity index (χ3n) is 9.55. The minimum atomic E-state index is 0.0444. The lowest BCUT2D eigenvalue weighted by Gasteiger charge is -2.42.